The third-order valence-electron chi connectivity index (χ3n) is 5.88. The van der Waals surface area contributed by atoms with E-state index in [1.807, 2.05) is 19.1 Å². The normalized spacial score (nSPS) is 15.1. The number of halogens is 2. The Balaban J connectivity index is 1.70. The van der Waals surface area contributed by atoms with Gasteiger partial charge < -0.3 is 15.0 Å². The molecule has 7 heteroatoms. The molecule has 2 aromatic rings. The Bertz CT molecular complexity index is 929. The van der Waals surface area contributed by atoms with Crippen LogP contribution in [-0.2, 0) is 16.1 Å². The van der Waals surface area contributed by atoms with Crippen LogP contribution in [0.4, 0.5) is 4.39 Å². The van der Waals surface area contributed by atoms with E-state index in [1.54, 1.807) is 25.1 Å². The number of hydrogen-bond acceptors (Lipinski definition) is 3. The van der Waals surface area contributed by atoms with E-state index >= 15 is 0 Å². The zero-order valence-corrected chi connectivity index (χ0v) is 20.2. The van der Waals surface area contributed by atoms with Crippen LogP contribution < -0.4 is 10.1 Å². The monoisotopic (exact) mass is 504 g/mol. The summed E-state index contributed by atoms with van der Waals surface area (Å²) in [5, 5.41) is 3.10. The van der Waals surface area contributed by atoms with E-state index in [1.165, 1.54) is 23.5 Å². The summed E-state index contributed by atoms with van der Waals surface area (Å²) in [6, 6.07) is 10.9. The molecular weight excluding hydrogens is 475 g/mol. The molecule has 0 bridgehead atoms. The number of nitrogens with zero attached hydrogens (tertiary/aromatic N) is 1. The second-order valence-electron chi connectivity index (χ2n) is 8.37. The molecule has 2 amide bonds. The zero-order chi connectivity index (χ0) is 23.1. The minimum atomic E-state index is -0.676. The fourth-order valence-electron chi connectivity index (χ4n) is 3.87. The first kappa shape index (κ1) is 24.2. The van der Waals surface area contributed by atoms with Gasteiger partial charge in [0.2, 0.25) is 5.91 Å². The third-order valence-corrected chi connectivity index (χ3v) is 6.77. The van der Waals surface area contributed by atoms with Gasteiger partial charge in [-0.2, -0.15) is 0 Å². The molecule has 5 nitrogen and oxygen atoms in total. The van der Waals surface area contributed by atoms with Gasteiger partial charge >= 0.3 is 0 Å². The van der Waals surface area contributed by atoms with Crippen LogP contribution in [0.2, 0.25) is 0 Å². The molecule has 172 valence electrons. The Kier molecular flexibility index (Phi) is 8.67. The van der Waals surface area contributed by atoms with E-state index in [-0.39, 0.29) is 36.8 Å². The Morgan fingerprint density at radius 3 is 2.50 bits per heavy atom. The summed E-state index contributed by atoms with van der Waals surface area (Å²) in [6.45, 7) is 3.67. The molecule has 3 rings (SSSR count). The Labute approximate surface area is 197 Å². The van der Waals surface area contributed by atoms with Gasteiger partial charge in [0, 0.05) is 17.1 Å². The molecule has 0 saturated heterocycles. The molecular formula is C25H30BrFN2O3. The highest BCUT2D eigenvalue weighted by atomic mass is 79.9. The fourth-order valence-corrected chi connectivity index (χ4v) is 4.12. The van der Waals surface area contributed by atoms with Crippen LogP contribution in [-0.4, -0.2) is 35.4 Å². The first-order valence-corrected chi connectivity index (χ1v) is 11.9. The molecule has 1 aliphatic carbocycles. The summed E-state index contributed by atoms with van der Waals surface area (Å²) in [5.74, 6) is -0.239. The van der Waals surface area contributed by atoms with Gasteiger partial charge in [0.25, 0.3) is 5.91 Å². The van der Waals surface area contributed by atoms with Crippen molar-refractivity contribution in [3.05, 3.63) is 63.9 Å². The lowest BCUT2D eigenvalue weighted by Gasteiger charge is -2.31. The van der Waals surface area contributed by atoms with Gasteiger partial charge in [-0.3, -0.25) is 9.59 Å². The Morgan fingerprint density at radius 1 is 1.16 bits per heavy atom. The van der Waals surface area contributed by atoms with E-state index in [4.69, 9.17) is 4.74 Å². The first-order valence-electron chi connectivity index (χ1n) is 11.1. The van der Waals surface area contributed by atoms with E-state index in [9.17, 15) is 14.0 Å². The molecule has 1 aliphatic rings. The summed E-state index contributed by atoms with van der Waals surface area (Å²) < 4.78 is 20.0. The summed E-state index contributed by atoms with van der Waals surface area (Å²) in [7, 11) is 0. The van der Waals surface area contributed by atoms with Crippen LogP contribution in [0.5, 0.6) is 5.75 Å². The molecule has 2 aromatic carbocycles. The standard InChI is InChI=1S/C25H30BrFN2O3/c1-17-14-22(12-13-23(17)26)32-16-24(30)29(15-19-8-10-20(27)11-9-19)18(2)25(31)28-21-6-4-3-5-7-21/h8-14,18,21H,3-7,15-16H2,1-2H3,(H,28,31)/t18-/m1/s1. The van der Waals surface area contributed by atoms with Gasteiger partial charge in [0.1, 0.15) is 17.6 Å². The van der Waals surface area contributed by atoms with Gasteiger partial charge in [-0.1, -0.05) is 47.3 Å². The number of rotatable bonds is 8. The average Bonchev–Trinajstić information content (AvgIpc) is 2.79. The minimum Gasteiger partial charge on any atom is -0.484 e. The van der Waals surface area contributed by atoms with Gasteiger partial charge in [-0.05, 0) is 68.1 Å². The predicted octanol–water partition coefficient (Wildman–Crippen LogP) is 5.14. The number of carbonyl (C=O) groups is 2. The number of aryl methyl sites for hydroxylation is 1. The van der Waals surface area contributed by atoms with Crippen molar-refractivity contribution < 1.29 is 18.7 Å². The summed E-state index contributed by atoms with van der Waals surface area (Å²) in [4.78, 5) is 27.6. The second kappa shape index (κ2) is 11.5. The lowest BCUT2D eigenvalue weighted by Crippen LogP contribution is -2.51. The van der Waals surface area contributed by atoms with Crippen molar-refractivity contribution in [2.45, 2.75) is 64.6 Å². The van der Waals surface area contributed by atoms with Crippen LogP contribution >= 0.6 is 15.9 Å². The molecule has 0 heterocycles. The van der Waals surface area contributed by atoms with Crippen molar-refractivity contribution in [1.29, 1.82) is 0 Å². The molecule has 1 atom stereocenters. The maximum atomic E-state index is 13.3. The van der Waals surface area contributed by atoms with Gasteiger partial charge in [0.15, 0.2) is 6.61 Å². The second-order valence-corrected chi connectivity index (χ2v) is 9.22. The smallest absolute Gasteiger partial charge is 0.261 e. The first-order chi connectivity index (χ1) is 15.3. The number of hydrogen-bond donors (Lipinski definition) is 1. The SMILES string of the molecule is Cc1cc(OCC(=O)N(Cc2ccc(F)cc2)[C@H](C)C(=O)NC2CCCCC2)ccc1Br. The molecule has 32 heavy (non-hydrogen) atoms. The maximum Gasteiger partial charge on any atom is 0.261 e. The largest absolute Gasteiger partial charge is 0.484 e. The summed E-state index contributed by atoms with van der Waals surface area (Å²) in [6.07, 6.45) is 5.35. The lowest BCUT2D eigenvalue weighted by molar-refractivity contribution is -0.142. The van der Waals surface area contributed by atoms with E-state index in [2.05, 4.69) is 21.2 Å². The van der Waals surface area contributed by atoms with Crippen molar-refractivity contribution >= 4 is 27.7 Å². The van der Waals surface area contributed by atoms with Gasteiger partial charge in [-0.25, -0.2) is 4.39 Å². The molecule has 0 radical (unpaired) electrons. The fraction of sp³-hybridized carbons (Fsp3) is 0.440. The van der Waals surface area contributed by atoms with Crippen LogP contribution in [0.15, 0.2) is 46.9 Å². The lowest BCUT2D eigenvalue weighted by atomic mass is 9.95. The van der Waals surface area contributed by atoms with Crippen molar-refractivity contribution in [2.75, 3.05) is 6.61 Å². The van der Waals surface area contributed by atoms with Crippen LogP contribution in [0.1, 0.15) is 50.2 Å². The van der Waals surface area contributed by atoms with Gasteiger partial charge in [0.05, 0.1) is 0 Å². The van der Waals surface area contributed by atoms with Crippen molar-refractivity contribution in [3.8, 4) is 5.75 Å². The van der Waals surface area contributed by atoms with Crippen LogP contribution in [0.3, 0.4) is 0 Å². The summed E-state index contributed by atoms with van der Waals surface area (Å²) in [5.41, 5.74) is 1.75. The number of ether oxygens (including phenoxy) is 1. The number of nitrogens with one attached hydrogen (secondary N) is 1. The Morgan fingerprint density at radius 2 is 1.84 bits per heavy atom. The highest BCUT2D eigenvalue weighted by Gasteiger charge is 2.28. The molecule has 0 aromatic heterocycles. The number of amides is 2. The zero-order valence-electron chi connectivity index (χ0n) is 18.6. The molecule has 0 spiro atoms. The van der Waals surface area contributed by atoms with E-state index in [0.29, 0.717) is 5.75 Å². The van der Waals surface area contributed by atoms with Crippen molar-refractivity contribution in [3.63, 3.8) is 0 Å². The molecule has 1 fully saturated rings. The quantitative estimate of drug-likeness (QED) is 0.541. The molecule has 1 N–H and O–H groups in total. The molecule has 1 saturated carbocycles. The Hall–Kier alpha value is -2.41. The van der Waals surface area contributed by atoms with Crippen molar-refractivity contribution in [2.24, 2.45) is 0 Å². The minimum absolute atomic E-state index is 0.156. The number of benzene rings is 2. The highest BCUT2D eigenvalue weighted by Crippen LogP contribution is 2.22. The topological polar surface area (TPSA) is 58.6 Å². The van der Waals surface area contributed by atoms with E-state index in [0.717, 1.165) is 41.3 Å². The van der Waals surface area contributed by atoms with E-state index < -0.39 is 6.04 Å². The third kappa shape index (κ3) is 6.79. The maximum absolute atomic E-state index is 13.3. The highest BCUT2D eigenvalue weighted by molar-refractivity contribution is 9.10. The van der Waals surface area contributed by atoms with Crippen molar-refractivity contribution in [1.82, 2.24) is 10.2 Å². The number of carbonyl (C=O) groups excluding carboxylic acids is 2. The van der Waals surface area contributed by atoms with Crippen LogP contribution in [0.25, 0.3) is 0 Å². The molecule has 0 aliphatic heterocycles. The summed E-state index contributed by atoms with van der Waals surface area (Å²) >= 11 is 3.45. The molecule has 0 unspecified atom stereocenters. The van der Waals surface area contributed by atoms with Gasteiger partial charge in [-0.15, -0.1) is 0 Å². The predicted molar refractivity (Wildman–Crippen MR) is 126 cm³/mol. The van der Waals surface area contributed by atoms with Crippen LogP contribution in [0, 0.1) is 12.7 Å². The average molecular weight is 505 g/mol.